The van der Waals surface area contributed by atoms with Crippen LogP contribution in [0.15, 0.2) is 48.2 Å². The zero-order valence-electron chi connectivity index (χ0n) is 14.6. The molecule has 0 aromatic carbocycles. The number of pyridine rings is 1. The minimum Gasteiger partial charge on any atom is -0.386 e. The van der Waals surface area contributed by atoms with Crippen LogP contribution < -0.4 is 5.32 Å². The van der Waals surface area contributed by atoms with Crippen molar-refractivity contribution in [2.75, 3.05) is 13.6 Å². The Labute approximate surface area is 144 Å². The Morgan fingerprint density at radius 1 is 1.46 bits per heavy atom. The van der Waals surface area contributed by atoms with Crippen LogP contribution in [0.4, 0.5) is 0 Å². The molecule has 0 bridgehead atoms. The van der Waals surface area contributed by atoms with Crippen LogP contribution in [-0.4, -0.2) is 35.4 Å². The van der Waals surface area contributed by atoms with E-state index in [1.54, 1.807) is 0 Å². The summed E-state index contributed by atoms with van der Waals surface area (Å²) >= 11 is 0. The Kier molecular flexibility index (Phi) is 4.99. The van der Waals surface area contributed by atoms with Crippen molar-refractivity contribution in [3.05, 3.63) is 59.5 Å². The monoisotopic (exact) mass is 326 g/mol. The highest BCUT2D eigenvalue weighted by Gasteiger charge is 2.33. The highest BCUT2D eigenvalue weighted by molar-refractivity contribution is 5.72. The van der Waals surface area contributed by atoms with Gasteiger partial charge < -0.3 is 15.2 Å². The molecule has 2 unspecified atom stereocenters. The molecule has 2 atom stereocenters. The van der Waals surface area contributed by atoms with Crippen LogP contribution in [0.2, 0.25) is 0 Å². The highest BCUT2D eigenvalue weighted by atomic mass is 16.5. The molecule has 0 radical (unpaired) electrons. The van der Waals surface area contributed by atoms with Crippen molar-refractivity contribution in [2.45, 2.75) is 38.6 Å². The Morgan fingerprint density at radius 2 is 2.29 bits per heavy atom. The number of aliphatic hydroxyl groups is 1. The van der Waals surface area contributed by atoms with Crippen LogP contribution in [-0.2, 0) is 11.3 Å². The number of fused-ring (bicyclic) bond motifs is 2. The largest absolute Gasteiger partial charge is 0.386 e. The molecule has 24 heavy (non-hydrogen) atoms. The number of hydrogen-bond donors (Lipinski definition) is 2. The van der Waals surface area contributed by atoms with Crippen molar-refractivity contribution in [3.63, 3.8) is 0 Å². The normalized spacial score (nSPS) is 25.0. The van der Waals surface area contributed by atoms with E-state index in [1.807, 2.05) is 39.2 Å². The fourth-order valence-electron chi connectivity index (χ4n) is 3.28. The summed E-state index contributed by atoms with van der Waals surface area (Å²) in [6.45, 7) is 5.08. The molecule has 0 saturated heterocycles. The lowest BCUT2D eigenvalue weighted by atomic mass is 9.80. The Bertz CT molecular complexity index is 683. The quantitative estimate of drug-likeness (QED) is 0.836. The van der Waals surface area contributed by atoms with Crippen molar-refractivity contribution >= 4 is 5.57 Å². The molecule has 4 nitrogen and oxygen atoms in total. The minimum atomic E-state index is -0.859. The lowest BCUT2D eigenvalue weighted by Crippen LogP contribution is -2.28. The van der Waals surface area contributed by atoms with E-state index in [9.17, 15) is 5.11 Å². The molecule has 1 aliphatic carbocycles. The molecule has 1 aliphatic heterocycles. The van der Waals surface area contributed by atoms with Crippen LogP contribution in [0.25, 0.3) is 5.57 Å². The van der Waals surface area contributed by atoms with Gasteiger partial charge in [-0.05, 0) is 51.1 Å². The van der Waals surface area contributed by atoms with Gasteiger partial charge in [0.2, 0.25) is 0 Å². The van der Waals surface area contributed by atoms with E-state index in [2.05, 4.69) is 34.6 Å². The third-order valence-electron chi connectivity index (χ3n) is 4.62. The van der Waals surface area contributed by atoms with E-state index >= 15 is 0 Å². The highest BCUT2D eigenvalue weighted by Crippen LogP contribution is 2.39. The number of nitrogens with one attached hydrogen (secondary N) is 1. The maximum Gasteiger partial charge on any atom is 0.0902 e. The van der Waals surface area contributed by atoms with E-state index in [1.165, 1.54) is 5.57 Å². The number of rotatable bonds is 4. The summed E-state index contributed by atoms with van der Waals surface area (Å²) in [5.74, 6) is 0.0960. The van der Waals surface area contributed by atoms with Crippen LogP contribution in [0.3, 0.4) is 0 Å². The van der Waals surface area contributed by atoms with E-state index in [-0.39, 0.29) is 12.0 Å². The van der Waals surface area contributed by atoms with E-state index in [4.69, 9.17) is 4.74 Å². The molecule has 1 aromatic rings. The van der Waals surface area contributed by atoms with Crippen LogP contribution in [0.5, 0.6) is 0 Å². The Balaban J connectivity index is 2.05. The average Bonchev–Trinajstić information content (AvgIpc) is 2.71. The van der Waals surface area contributed by atoms with Gasteiger partial charge in [-0.3, -0.25) is 4.98 Å². The molecule has 0 saturated carbocycles. The molecule has 3 rings (SSSR count). The van der Waals surface area contributed by atoms with Gasteiger partial charge in [-0.25, -0.2) is 0 Å². The third-order valence-corrected chi connectivity index (χ3v) is 4.62. The standard InChI is InChI=1S/C20H26N2O2/c1-20(2,23)14-8-9-19-17(12-14)15(6-4-10-21-3)16-7-5-11-22-18(16)13-24-19/h5-9,11-12,17,19,21,23H,4,10,13H2,1-3H3/b15-6+. The van der Waals surface area contributed by atoms with Crippen molar-refractivity contribution in [3.8, 4) is 0 Å². The van der Waals surface area contributed by atoms with E-state index in [0.717, 1.165) is 29.8 Å². The van der Waals surface area contributed by atoms with Gasteiger partial charge in [-0.2, -0.15) is 0 Å². The second-order valence-electron chi connectivity index (χ2n) is 6.89. The third kappa shape index (κ3) is 3.51. The lowest BCUT2D eigenvalue weighted by molar-refractivity contribution is 0.0570. The SMILES string of the molecule is CNCC/C=C1\c2cccnc2COC2C=CC(C(C)(C)O)=CC12. The molecule has 2 heterocycles. The van der Waals surface area contributed by atoms with E-state index < -0.39 is 5.60 Å². The molecule has 4 heteroatoms. The van der Waals surface area contributed by atoms with E-state index in [0.29, 0.717) is 6.61 Å². The van der Waals surface area contributed by atoms with Crippen LogP contribution in [0.1, 0.15) is 31.5 Å². The summed E-state index contributed by atoms with van der Waals surface area (Å²) in [5.41, 5.74) is 3.44. The fourth-order valence-corrected chi connectivity index (χ4v) is 3.28. The smallest absolute Gasteiger partial charge is 0.0902 e. The van der Waals surface area contributed by atoms with Crippen molar-refractivity contribution in [1.29, 1.82) is 0 Å². The number of aromatic nitrogens is 1. The first kappa shape index (κ1) is 17.1. The first-order chi connectivity index (χ1) is 11.5. The van der Waals surface area contributed by atoms with Gasteiger partial charge >= 0.3 is 0 Å². The molecular weight excluding hydrogens is 300 g/mol. The molecule has 1 aromatic heterocycles. The van der Waals surface area contributed by atoms with Gasteiger partial charge in [0.05, 0.1) is 24.0 Å². The summed E-state index contributed by atoms with van der Waals surface area (Å²) < 4.78 is 6.10. The maximum atomic E-state index is 10.4. The molecule has 0 spiro atoms. The van der Waals surface area contributed by atoms with Gasteiger partial charge in [0.25, 0.3) is 0 Å². The Morgan fingerprint density at radius 3 is 3.04 bits per heavy atom. The first-order valence-electron chi connectivity index (χ1n) is 8.54. The molecule has 2 aliphatic rings. The summed E-state index contributed by atoms with van der Waals surface area (Å²) in [7, 11) is 1.96. The summed E-state index contributed by atoms with van der Waals surface area (Å²) in [4.78, 5) is 4.51. The second kappa shape index (κ2) is 7.01. The zero-order valence-corrected chi connectivity index (χ0v) is 14.6. The predicted molar refractivity (Wildman–Crippen MR) is 96.3 cm³/mol. The first-order valence-corrected chi connectivity index (χ1v) is 8.54. The molecular formula is C20H26N2O2. The summed E-state index contributed by atoms with van der Waals surface area (Å²) in [6, 6.07) is 4.10. The second-order valence-corrected chi connectivity index (χ2v) is 6.89. The predicted octanol–water partition coefficient (Wildman–Crippen LogP) is 2.86. The molecule has 0 amide bonds. The van der Waals surface area contributed by atoms with Crippen molar-refractivity contribution < 1.29 is 9.84 Å². The van der Waals surface area contributed by atoms with Gasteiger partial charge in [-0.1, -0.05) is 30.4 Å². The lowest BCUT2D eigenvalue weighted by Gasteiger charge is -2.30. The van der Waals surface area contributed by atoms with Crippen molar-refractivity contribution in [1.82, 2.24) is 10.3 Å². The van der Waals surface area contributed by atoms with Crippen LogP contribution >= 0.6 is 0 Å². The number of nitrogens with zero attached hydrogens (tertiary/aromatic N) is 1. The molecule has 0 fully saturated rings. The van der Waals surface area contributed by atoms with Crippen LogP contribution in [0, 0.1) is 5.92 Å². The maximum absolute atomic E-state index is 10.4. The number of ether oxygens (including phenoxy) is 1. The van der Waals surface area contributed by atoms with Gasteiger partial charge in [0, 0.05) is 17.7 Å². The summed E-state index contributed by atoms with van der Waals surface area (Å²) in [6.07, 6.45) is 11.2. The average molecular weight is 326 g/mol. The fraction of sp³-hybridized carbons (Fsp3) is 0.450. The van der Waals surface area contributed by atoms with Gasteiger partial charge in [0.1, 0.15) is 0 Å². The Hall–Kier alpha value is -1.75. The molecule has 2 N–H and O–H groups in total. The van der Waals surface area contributed by atoms with Crippen molar-refractivity contribution in [2.24, 2.45) is 5.92 Å². The minimum absolute atomic E-state index is 0.0221. The molecule has 128 valence electrons. The van der Waals surface area contributed by atoms with Gasteiger partial charge in [-0.15, -0.1) is 0 Å². The van der Waals surface area contributed by atoms with Gasteiger partial charge in [0.15, 0.2) is 0 Å². The zero-order chi connectivity index (χ0) is 17.2. The summed E-state index contributed by atoms with van der Waals surface area (Å²) in [5, 5.41) is 13.6. The topological polar surface area (TPSA) is 54.4 Å². The number of hydrogen-bond acceptors (Lipinski definition) is 4.